The Kier molecular flexibility index (Phi) is 6.76. The average molecular weight is 526 g/mol. The van der Waals surface area contributed by atoms with E-state index in [4.69, 9.17) is 10.2 Å². The van der Waals surface area contributed by atoms with Gasteiger partial charge in [0.25, 0.3) is 0 Å². The van der Waals surface area contributed by atoms with Crippen molar-refractivity contribution in [1.82, 2.24) is 0 Å². The lowest BCUT2D eigenvalue weighted by atomic mass is 10.1. The predicted octanol–water partition coefficient (Wildman–Crippen LogP) is 5.44. The van der Waals surface area contributed by atoms with Crippen LogP contribution in [-0.2, 0) is 0 Å². The standard InChI is InChI=1S/C24H17IO6/c25-20-13-16(2-1-14-5-9-21(26)18(11-14)23(28)29)4-8-17(20)7-3-15-6-10-22(27)19(12-15)24(30)31/h1-13,26-27H,(H,28,29)(H,30,31)/b2-1+,7-3+/i25-2. The maximum atomic E-state index is 11.1. The molecule has 0 radical (unpaired) electrons. The summed E-state index contributed by atoms with van der Waals surface area (Å²) in [5.41, 5.74) is 2.83. The summed E-state index contributed by atoms with van der Waals surface area (Å²) in [7, 11) is 0. The van der Waals surface area contributed by atoms with Gasteiger partial charge in [0.2, 0.25) is 0 Å². The molecule has 0 spiro atoms. The summed E-state index contributed by atoms with van der Waals surface area (Å²) in [4.78, 5) is 22.3. The zero-order valence-electron chi connectivity index (χ0n) is 16.0. The minimum absolute atomic E-state index is 0.155. The SMILES string of the molecule is O=C(O)c1cc(/C=C/c2ccc(/C=C/c3ccc(O)c(C(=O)O)c3)c([125I])c2)ccc1O. The van der Waals surface area contributed by atoms with Crippen molar-refractivity contribution >= 4 is 58.8 Å². The van der Waals surface area contributed by atoms with E-state index in [1.807, 2.05) is 30.4 Å². The first kappa shape index (κ1) is 22.1. The normalized spacial score (nSPS) is 11.3. The molecule has 0 fully saturated rings. The van der Waals surface area contributed by atoms with Crippen LogP contribution in [0.15, 0.2) is 54.6 Å². The van der Waals surface area contributed by atoms with Gasteiger partial charge in [0.15, 0.2) is 0 Å². The molecule has 3 rings (SSSR count). The van der Waals surface area contributed by atoms with Crippen LogP contribution in [0.4, 0.5) is 0 Å². The third kappa shape index (κ3) is 5.52. The van der Waals surface area contributed by atoms with Crippen LogP contribution < -0.4 is 0 Å². The monoisotopic (exact) mass is 526 g/mol. The molecule has 0 amide bonds. The number of phenols is 2. The van der Waals surface area contributed by atoms with Crippen LogP contribution in [0.25, 0.3) is 24.3 Å². The van der Waals surface area contributed by atoms with E-state index in [0.717, 1.165) is 14.7 Å². The lowest BCUT2D eigenvalue weighted by Gasteiger charge is -2.03. The fourth-order valence-corrected chi connectivity index (χ4v) is 3.54. The first-order valence-corrected chi connectivity index (χ1v) is 10.1. The fourth-order valence-electron chi connectivity index (χ4n) is 2.82. The van der Waals surface area contributed by atoms with Crippen molar-refractivity contribution in [2.75, 3.05) is 0 Å². The van der Waals surface area contributed by atoms with Crippen molar-refractivity contribution in [3.05, 3.63) is 91.5 Å². The molecular weight excluding hydrogens is 509 g/mol. The highest BCUT2D eigenvalue weighted by atomic mass is 125. The number of halogens is 1. The van der Waals surface area contributed by atoms with E-state index in [1.54, 1.807) is 24.3 Å². The second kappa shape index (κ2) is 9.48. The lowest BCUT2D eigenvalue weighted by Crippen LogP contribution is -1.96. The molecule has 6 nitrogen and oxygen atoms in total. The molecule has 4 N–H and O–H groups in total. The maximum Gasteiger partial charge on any atom is 0.339 e. The molecule has 0 aliphatic rings. The number of aromatic hydroxyl groups is 2. The Morgan fingerprint density at radius 2 is 1.06 bits per heavy atom. The molecule has 0 aromatic heterocycles. The van der Waals surface area contributed by atoms with Gasteiger partial charge in [-0.3, -0.25) is 0 Å². The molecule has 0 atom stereocenters. The Morgan fingerprint density at radius 3 is 1.52 bits per heavy atom. The summed E-state index contributed by atoms with van der Waals surface area (Å²) in [6, 6.07) is 14.5. The summed E-state index contributed by atoms with van der Waals surface area (Å²) in [5, 5.41) is 37.4. The maximum absolute atomic E-state index is 11.1. The number of carboxylic acids is 2. The summed E-state index contributed by atoms with van der Waals surface area (Å²) in [6.45, 7) is 0. The summed E-state index contributed by atoms with van der Waals surface area (Å²) in [6.07, 6.45) is 7.22. The van der Waals surface area contributed by atoms with E-state index < -0.39 is 11.9 Å². The molecule has 0 aliphatic heterocycles. The van der Waals surface area contributed by atoms with Crippen molar-refractivity contribution in [2.45, 2.75) is 0 Å². The second-order valence-electron chi connectivity index (χ2n) is 6.61. The minimum atomic E-state index is -1.19. The van der Waals surface area contributed by atoms with E-state index in [9.17, 15) is 19.8 Å². The molecule has 0 aliphatic carbocycles. The molecule has 0 heterocycles. The number of aromatic carboxylic acids is 2. The molecule has 7 heteroatoms. The Bertz CT molecular complexity index is 1230. The smallest absolute Gasteiger partial charge is 0.339 e. The number of rotatable bonds is 6. The Balaban J connectivity index is 1.79. The summed E-state index contributed by atoms with van der Waals surface area (Å²) >= 11 is 2.19. The van der Waals surface area contributed by atoms with Gasteiger partial charge in [0, 0.05) is 3.57 Å². The molecule has 0 saturated carbocycles. The number of benzene rings is 3. The van der Waals surface area contributed by atoms with Gasteiger partial charge in [-0.2, -0.15) is 0 Å². The van der Waals surface area contributed by atoms with E-state index in [0.29, 0.717) is 11.1 Å². The molecule has 156 valence electrons. The lowest BCUT2D eigenvalue weighted by molar-refractivity contribution is 0.0682. The first-order chi connectivity index (χ1) is 14.7. The molecule has 31 heavy (non-hydrogen) atoms. The largest absolute Gasteiger partial charge is 0.507 e. The van der Waals surface area contributed by atoms with E-state index in [1.165, 1.54) is 24.3 Å². The highest BCUT2D eigenvalue weighted by Gasteiger charge is 2.10. The van der Waals surface area contributed by atoms with Gasteiger partial charge in [-0.1, -0.05) is 48.6 Å². The minimum Gasteiger partial charge on any atom is -0.507 e. The van der Waals surface area contributed by atoms with Crippen LogP contribution in [0.3, 0.4) is 0 Å². The highest BCUT2D eigenvalue weighted by molar-refractivity contribution is 14.1. The van der Waals surface area contributed by atoms with Crippen LogP contribution in [0.5, 0.6) is 11.5 Å². The van der Waals surface area contributed by atoms with Gasteiger partial charge < -0.3 is 20.4 Å². The van der Waals surface area contributed by atoms with Crippen LogP contribution >= 0.6 is 22.6 Å². The number of carbonyl (C=O) groups is 2. The fraction of sp³-hybridized carbons (Fsp3) is 0. The Hall–Kier alpha value is -3.59. The number of hydrogen-bond donors (Lipinski definition) is 4. The van der Waals surface area contributed by atoms with E-state index in [2.05, 4.69) is 22.6 Å². The first-order valence-electron chi connectivity index (χ1n) is 9.03. The Labute approximate surface area is 191 Å². The van der Waals surface area contributed by atoms with Crippen LogP contribution in [-0.4, -0.2) is 32.4 Å². The van der Waals surface area contributed by atoms with Crippen molar-refractivity contribution in [1.29, 1.82) is 0 Å². The summed E-state index contributed by atoms with van der Waals surface area (Å²) in [5.74, 6) is -2.94. The van der Waals surface area contributed by atoms with Gasteiger partial charge in [-0.05, 0) is 75.2 Å². The zero-order chi connectivity index (χ0) is 22.5. The third-order valence-electron chi connectivity index (χ3n) is 4.45. The van der Waals surface area contributed by atoms with E-state index in [-0.39, 0.29) is 22.6 Å². The van der Waals surface area contributed by atoms with Crippen LogP contribution in [0, 0.1) is 3.57 Å². The molecule has 0 bridgehead atoms. The zero-order valence-corrected chi connectivity index (χ0v) is 18.1. The second-order valence-corrected chi connectivity index (χ2v) is 7.77. The highest BCUT2D eigenvalue weighted by Crippen LogP contribution is 2.23. The topological polar surface area (TPSA) is 115 Å². The summed E-state index contributed by atoms with van der Waals surface area (Å²) < 4.78 is 0.963. The van der Waals surface area contributed by atoms with Gasteiger partial charge in [0.1, 0.15) is 22.6 Å². The average Bonchev–Trinajstić information content (AvgIpc) is 2.73. The molecular formula is C24H17IO6. The quantitative estimate of drug-likeness (QED) is 0.251. The molecule has 0 saturated heterocycles. The molecule has 3 aromatic carbocycles. The molecule has 3 aromatic rings. The van der Waals surface area contributed by atoms with Crippen LogP contribution in [0.1, 0.15) is 43.0 Å². The molecule has 0 unspecified atom stereocenters. The third-order valence-corrected chi connectivity index (χ3v) is 5.38. The predicted molar refractivity (Wildman–Crippen MR) is 127 cm³/mol. The van der Waals surface area contributed by atoms with Crippen molar-refractivity contribution in [2.24, 2.45) is 0 Å². The number of carboxylic acid groups (broad SMARTS) is 2. The van der Waals surface area contributed by atoms with Gasteiger partial charge in [0.05, 0.1) is 0 Å². The van der Waals surface area contributed by atoms with Crippen molar-refractivity contribution in [3.63, 3.8) is 0 Å². The van der Waals surface area contributed by atoms with Crippen molar-refractivity contribution < 1.29 is 30.0 Å². The van der Waals surface area contributed by atoms with Gasteiger partial charge >= 0.3 is 11.9 Å². The van der Waals surface area contributed by atoms with E-state index >= 15 is 0 Å². The van der Waals surface area contributed by atoms with Crippen LogP contribution in [0.2, 0.25) is 0 Å². The van der Waals surface area contributed by atoms with Gasteiger partial charge in [-0.25, -0.2) is 9.59 Å². The van der Waals surface area contributed by atoms with Gasteiger partial charge in [-0.15, -0.1) is 0 Å². The van der Waals surface area contributed by atoms with Crippen molar-refractivity contribution in [3.8, 4) is 11.5 Å². The Morgan fingerprint density at radius 1 is 0.645 bits per heavy atom. The number of hydrogen-bond acceptors (Lipinski definition) is 4.